The molecule has 0 bridgehead atoms. The first kappa shape index (κ1) is 22.1. The van der Waals surface area contributed by atoms with Crippen molar-refractivity contribution in [2.45, 2.75) is 32.1 Å². The third kappa shape index (κ3) is 7.78. The average Bonchev–Trinajstić information content (AvgIpc) is 2.78. The van der Waals surface area contributed by atoms with Gasteiger partial charge in [-0.05, 0) is 61.9 Å². The largest absolute Gasteiger partial charge is 0.508 e. The number of benzene rings is 2. The minimum Gasteiger partial charge on any atom is -0.508 e. The molecule has 1 fully saturated rings. The number of rotatable bonds is 7. The Kier molecular flexibility index (Phi) is 9.42. The molecule has 2 N–H and O–H groups in total. The topological polar surface area (TPSA) is 86.7 Å². The van der Waals surface area contributed by atoms with Gasteiger partial charge in [-0.1, -0.05) is 30.3 Å². The summed E-state index contributed by atoms with van der Waals surface area (Å²) in [4.78, 5) is 35.3. The number of aryl methyl sites for hydroxylation is 1. The zero-order chi connectivity index (χ0) is 20.9. The van der Waals surface area contributed by atoms with E-state index < -0.39 is 11.7 Å². The minimum absolute atomic E-state index is 0.0898. The summed E-state index contributed by atoms with van der Waals surface area (Å²) in [7, 11) is 0. The quantitative estimate of drug-likeness (QED) is 0.326. The highest BCUT2D eigenvalue weighted by molar-refractivity contribution is 6.42. The van der Waals surface area contributed by atoms with E-state index in [1.54, 1.807) is 4.90 Å². The van der Waals surface area contributed by atoms with Gasteiger partial charge in [-0.2, -0.15) is 0 Å². The average molecular weight is 396 g/mol. The molecule has 154 valence electrons. The molecule has 1 aliphatic heterocycles. The summed E-state index contributed by atoms with van der Waals surface area (Å²) in [5.41, 5.74) is 1.66. The standard InChI is InChI=1S/C13H15NO3.C10H13NO/c15-11-6-4-10(5-7-11)12(16)13(17)14-8-2-1-3-9-14;12-9-11-8-4-7-10-5-2-1-3-6-10/h4-7,15H,1-3,8-9H2;1-3,5-6,9H,4,7-8H2,(H,11,12). The number of hydrogen-bond donors (Lipinski definition) is 2. The summed E-state index contributed by atoms with van der Waals surface area (Å²) in [5.74, 6) is -0.839. The monoisotopic (exact) mass is 396 g/mol. The smallest absolute Gasteiger partial charge is 0.294 e. The number of nitrogens with zero attached hydrogens (tertiary/aromatic N) is 1. The predicted octanol–water partition coefficient (Wildman–Crippen LogP) is 2.95. The number of phenolic OH excluding ortho intramolecular Hbond substituents is 1. The second-order valence-electron chi connectivity index (χ2n) is 6.89. The van der Waals surface area contributed by atoms with Crippen LogP contribution in [0.1, 0.15) is 41.6 Å². The van der Waals surface area contributed by atoms with Crippen LogP contribution in [0.4, 0.5) is 0 Å². The Balaban J connectivity index is 0.000000221. The van der Waals surface area contributed by atoms with E-state index in [0.717, 1.165) is 45.1 Å². The van der Waals surface area contributed by atoms with Crippen LogP contribution in [0, 0.1) is 0 Å². The van der Waals surface area contributed by atoms with Gasteiger partial charge in [-0.3, -0.25) is 14.4 Å². The van der Waals surface area contributed by atoms with Crippen LogP contribution in [0.3, 0.4) is 0 Å². The van der Waals surface area contributed by atoms with Gasteiger partial charge in [0, 0.05) is 25.2 Å². The van der Waals surface area contributed by atoms with Gasteiger partial charge in [0.2, 0.25) is 12.2 Å². The van der Waals surface area contributed by atoms with E-state index in [0.29, 0.717) is 18.7 Å². The van der Waals surface area contributed by atoms with E-state index in [4.69, 9.17) is 5.11 Å². The maximum atomic E-state index is 11.9. The van der Waals surface area contributed by atoms with E-state index >= 15 is 0 Å². The van der Waals surface area contributed by atoms with Crippen molar-refractivity contribution < 1.29 is 19.5 Å². The second-order valence-corrected chi connectivity index (χ2v) is 6.89. The van der Waals surface area contributed by atoms with E-state index in [9.17, 15) is 14.4 Å². The Morgan fingerprint density at radius 1 is 0.966 bits per heavy atom. The number of ketones is 1. The minimum atomic E-state index is -0.494. The number of Topliss-reactive ketones (excluding diaryl/α,β-unsaturated/α-hetero) is 1. The van der Waals surface area contributed by atoms with Crippen molar-refractivity contribution in [3.8, 4) is 5.75 Å². The highest BCUT2D eigenvalue weighted by atomic mass is 16.3. The first-order chi connectivity index (χ1) is 14.1. The molecule has 0 unspecified atom stereocenters. The number of nitrogens with one attached hydrogen (secondary N) is 1. The molecule has 0 aliphatic carbocycles. The lowest BCUT2D eigenvalue weighted by molar-refractivity contribution is -0.127. The van der Waals surface area contributed by atoms with Gasteiger partial charge in [0.15, 0.2) is 0 Å². The van der Waals surface area contributed by atoms with Crippen molar-refractivity contribution in [3.05, 3.63) is 65.7 Å². The van der Waals surface area contributed by atoms with Crippen molar-refractivity contribution in [3.63, 3.8) is 0 Å². The molecular formula is C23H28N2O4. The van der Waals surface area contributed by atoms with Crippen molar-refractivity contribution in [2.24, 2.45) is 0 Å². The van der Waals surface area contributed by atoms with Gasteiger partial charge < -0.3 is 15.3 Å². The number of phenols is 1. The van der Waals surface area contributed by atoms with Crippen LogP contribution in [0.25, 0.3) is 0 Å². The number of amides is 2. The van der Waals surface area contributed by atoms with E-state index in [2.05, 4.69) is 17.4 Å². The van der Waals surface area contributed by atoms with Crippen LogP contribution in [0.2, 0.25) is 0 Å². The highest BCUT2D eigenvalue weighted by Gasteiger charge is 2.24. The third-order valence-corrected chi connectivity index (χ3v) is 4.68. The molecule has 2 amide bonds. The fraction of sp³-hybridized carbons (Fsp3) is 0.348. The van der Waals surface area contributed by atoms with Gasteiger partial charge in [-0.15, -0.1) is 0 Å². The van der Waals surface area contributed by atoms with Crippen LogP contribution in [-0.2, 0) is 16.0 Å². The molecule has 1 saturated heterocycles. The lowest BCUT2D eigenvalue weighted by atomic mass is 10.1. The van der Waals surface area contributed by atoms with Crippen LogP contribution >= 0.6 is 0 Å². The molecule has 29 heavy (non-hydrogen) atoms. The maximum absolute atomic E-state index is 11.9. The SMILES string of the molecule is O=C(C(=O)N1CCCCC1)c1ccc(O)cc1.O=CNCCCc1ccccc1. The fourth-order valence-electron chi connectivity index (χ4n) is 3.08. The molecule has 0 aromatic heterocycles. The van der Waals surface area contributed by atoms with E-state index in [1.807, 2.05) is 18.2 Å². The molecule has 2 aromatic rings. The predicted molar refractivity (Wildman–Crippen MR) is 112 cm³/mol. The molecule has 1 heterocycles. The molecule has 0 atom stereocenters. The molecule has 0 saturated carbocycles. The molecule has 0 spiro atoms. The van der Waals surface area contributed by atoms with Crippen LogP contribution in [0.15, 0.2) is 54.6 Å². The van der Waals surface area contributed by atoms with E-state index in [-0.39, 0.29) is 5.75 Å². The van der Waals surface area contributed by atoms with Gasteiger partial charge in [0.25, 0.3) is 5.91 Å². The Morgan fingerprint density at radius 3 is 2.24 bits per heavy atom. The van der Waals surface area contributed by atoms with Crippen molar-refractivity contribution in [1.82, 2.24) is 10.2 Å². The fourth-order valence-corrected chi connectivity index (χ4v) is 3.08. The van der Waals surface area contributed by atoms with Crippen LogP contribution in [0.5, 0.6) is 5.75 Å². The molecule has 2 aromatic carbocycles. The van der Waals surface area contributed by atoms with Gasteiger partial charge in [0.05, 0.1) is 0 Å². The summed E-state index contributed by atoms with van der Waals surface area (Å²) in [5, 5.41) is 11.8. The normalized spacial score (nSPS) is 13.0. The Hall–Kier alpha value is -3.15. The van der Waals surface area contributed by atoms with Crippen molar-refractivity contribution in [1.29, 1.82) is 0 Å². The molecule has 3 rings (SSSR count). The number of piperidine rings is 1. The van der Waals surface area contributed by atoms with Crippen LogP contribution < -0.4 is 5.32 Å². The lowest BCUT2D eigenvalue weighted by Gasteiger charge is -2.25. The molecule has 0 radical (unpaired) electrons. The van der Waals surface area contributed by atoms with Crippen molar-refractivity contribution in [2.75, 3.05) is 19.6 Å². The van der Waals surface area contributed by atoms with Crippen LogP contribution in [-0.4, -0.2) is 47.7 Å². The molecular weight excluding hydrogens is 368 g/mol. The summed E-state index contributed by atoms with van der Waals surface area (Å²) < 4.78 is 0. The number of carbonyl (C=O) groups is 3. The van der Waals surface area contributed by atoms with Gasteiger partial charge >= 0.3 is 0 Å². The Labute approximate surface area is 171 Å². The summed E-state index contributed by atoms with van der Waals surface area (Å²) in [6.45, 7) is 2.10. The zero-order valence-electron chi connectivity index (χ0n) is 16.5. The number of hydrogen-bond acceptors (Lipinski definition) is 4. The van der Waals surface area contributed by atoms with Gasteiger partial charge in [0.1, 0.15) is 5.75 Å². The van der Waals surface area contributed by atoms with Crippen molar-refractivity contribution >= 4 is 18.1 Å². The first-order valence-corrected chi connectivity index (χ1v) is 9.95. The Bertz CT molecular complexity index is 769. The molecule has 1 aliphatic rings. The first-order valence-electron chi connectivity index (χ1n) is 9.95. The zero-order valence-corrected chi connectivity index (χ0v) is 16.5. The summed E-state index contributed by atoms with van der Waals surface area (Å²) in [6, 6.07) is 16.0. The number of carbonyl (C=O) groups excluding carboxylic acids is 3. The second kappa shape index (κ2) is 12.3. The maximum Gasteiger partial charge on any atom is 0.294 e. The van der Waals surface area contributed by atoms with Gasteiger partial charge in [-0.25, -0.2) is 0 Å². The lowest BCUT2D eigenvalue weighted by Crippen LogP contribution is -2.40. The third-order valence-electron chi connectivity index (χ3n) is 4.68. The van der Waals surface area contributed by atoms with E-state index in [1.165, 1.54) is 29.8 Å². The summed E-state index contributed by atoms with van der Waals surface area (Å²) >= 11 is 0. The summed E-state index contributed by atoms with van der Waals surface area (Å²) in [6.07, 6.45) is 5.83. The number of aromatic hydroxyl groups is 1. The molecule has 6 nitrogen and oxygen atoms in total. The molecule has 6 heteroatoms. The number of likely N-dealkylation sites (tertiary alicyclic amines) is 1. The Morgan fingerprint density at radius 2 is 1.62 bits per heavy atom. The highest BCUT2D eigenvalue weighted by Crippen LogP contribution is 2.14.